The molecule has 1 atom stereocenters. The van der Waals surface area contributed by atoms with Crippen LogP contribution in [0.1, 0.15) is 50.4 Å². The Kier molecular flexibility index (Phi) is 6.84. The summed E-state index contributed by atoms with van der Waals surface area (Å²) < 4.78 is 13.3. The molecule has 1 aliphatic heterocycles. The van der Waals surface area contributed by atoms with Crippen LogP contribution in [-0.2, 0) is 9.53 Å². The summed E-state index contributed by atoms with van der Waals surface area (Å²) in [6.07, 6.45) is 1.91. The number of aromatic nitrogens is 1. The molecule has 0 bridgehead atoms. The molecule has 34 heavy (non-hydrogen) atoms. The molecule has 1 aromatic heterocycles. The Morgan fingerprint density at radius 2 is 1.79 bits per heavy atom. The van der Waals surface area contributed by atoms with E-state index in [2.05, 4.69) is 4.99 Å². The average Bonchev–Trinajstić information content (AvgIpc) is 3.09. The lowest BCUT2D eigenvalue weighted by atomic mass is 9.96. The number of benzene rings is 2. The van der Waals surface area contributed by atoms with Crippen LogP contribution < -0.4 is 19.6 Å². The first-order valence-electron chi connectivity index (χ1n) is 11.3. The Hall–Kier alpha value is -3.45. The van der Waals surface area contributed by atoms with Gasteiger partial charge in [-0.15, -0.1) is 0 Å². The van der Waals surface area contributed by atoms with Crippen LogP contribution in [0.4, 0.5) is 0 Å². The second-order valence-electron chi connectivity index (χ2n) is 8.45. The van der Waals surface area contributed by atoms with Crippen molar-refractivity contribution in [2.24, 2.45) is 4.99 Å². The van der Waals surface area contributed by atoms with E-state index in [0.29, 0.717) is 20.6 Å². The smallest absolute Gasteiger partial charge is 0.338 e. The number of hydrogen-bond acceptors (Lipinski definition) is 6. The molecule has 0 N–H and O–H groups in total. The third-order valence-corrected chi connectivity index (χ3v) is 6.44. The summed E-state index contributed by atoms with van der Waals surface area (Å²) in [5.41, 5.74) is 3.60. The van der Waals surface area contributed by atoms with Gasteiger partial charge in [0.25, 0.3) is 5.56 Å². The van der Waals surface area contributed by atoms with Crippen molar-refractivity contribution in [3.63, 3.8) is 0 Å². The summed E-state index contributed by atoms with van der Waals surface area (Å²) in [5, 5.41) is 0. The largest absolute Gasteiger partial charge is 0.491 e. The number of allylic oxidation sites excluding steroid dienone is 1. The van der Waals surface area contributed by atoms with E-state index in [1.807, 2.05) is 75.4 Å². The molecule has 2 aromatic carbocycles. The minimum Gasteiger partial charge on any atom is -0.491 e. The van der Waals surface area contributed by atoms with Gasteiger partial charge in [-0.1, -0.05) is 53.3 Å². The second-order valence-corrected chi connectivity index (χ2v) is 9.46. The Bertz CT molecular complexity index is 1410. The topological polar surface area (TPSA) is 69.9 Å². The van der Waals surface area contributed by atoms with Crippen molar-refractivity contribution in [2.45, 2.75) is 46.8 Å². The Morgan fingerprint density at radius 1 is 1.12 bits per heavy atom. The van der Waals surface area contributed by atoms with E-state index in [9.17, 15) is 9.59 Å². The van der Waals surface area contributed by atoms with Crippen LogP contribution in [-0.4, -0.2) is 23.2 Å². The number of aryl methyl sites for hydroxylation is 1. The van der Waals surface area contributed by atoms with Crippen LogP contribution in [0.2, 0.25) is 0 Å². The molecule has 0 radical (unpaired) electrons. The Balaban J connectivity index is 1.89. The van der Waals surface area contributed by atoms with Crippen LogP contribution >= 0.6 is 11.3 Å². The standard InChI is InChI=1S/C27H28N2O4S/c1-6-32-26(31)23-18(5)28-27-29(24(23)20-11-13-21(14-12-20)33-16(2)3)25(30)22(34-27)15-19-9-7-17(4)8-10-19/h7-16,24H,6H2,1-5H3/b22-15-/t24-/m1/s1. The molecule has 0 saturated heterocycles. The van der Waals surface area contributed by atoms with Crippen LogP contribution in [0.25, 0.3) is 6.08 Å². The summed E-state index contributed by atoms with van der Waals surface area (Å²) in [5.74, 6) is 0.257. The molecule has 1 aliphatic rings. The number of ether oxygens (including phenoxy) is 2. The van der Waals surface area contributed by atoms with Gasteiger partial charge in [0.15, 0.2) is 4.80 Å². The molecule has 2 heterocycles. The lowest BCUT2D eigenvalue weighted by Gasteiger charge is -2.25. The van der Waals surface area contributed by atoms with Gasteiger partial charge < -0.3 is 9.47 Å². The number of rotatable bonds is 6. The van der Waals surface area contributed by atoms with Gasteiger partial charge in [0.05, 0.1) is 34.6 Å². The number of esters is 1. The molecule has 176 valence electrons. The average molecular weight is 477 g/mol. The zero-order valence-electron chi connectivity index (χ0n) is 20.0. The van der Waals surface area contributed by atoms with Crippen molar-refractivity contribution in [3.8, 4) is 5.75 Å². The molecule has 0 aliphatic carbocycles. The minimum atomic E-state index is -0.636. The summed E-state index contributed by atoms with van der Waals surface area (Å²) in [7, 11) is 0. The number of carbonyl (C=O) groups excluding carboxylic acids is 1. The van der Waals surface area contributed by atoms with Gasteiger partial charge in [-0.05, 0) is 64.0 Å². The van der Waals surface area contributed by atoms with Gasteiger partial charge in [0.2, 0.25) is 0 Å². The van der Waals surface area contributed by atoms with Crippen LogP contribution in [0.3, 0.4) is 0 Å². The van der Waals surface area contributed by atoms with E-state index in [1.54, 1.807) is 18.4 Å². The minimum absolute atomic E-state index is 0.0440. The summed E-state index contributed by atoms with van der Waals surface area (Å²) in [6, 6.07) is 14.8. The summed E-state index contributed by atoms with van der Waals surface area (Å²) in [4.78, 5) is 31.7. The molecule has 0 fully saturated rings. The molecule has 0 unspecified atom stereocenters. The summed E-state index contributed by atoms with van der Waals surface area (Å²) in [6.45, 7) is 9.73. The maximum atomic E-state index is 13.6. The molecule has 0 saturated carbocycles. The van der Waals surface area contributed by atoms with Gasteiger partial charge >= 0.3 is 5.97 Å². The molecular formula is C27H28N2O4S. The maximum absolute atomic E-state index is 13.6. The highest BCUT2D eigenvalue weighted by Gasteiger charge is 2.33. The molecule has 6 nitrogen and oxygen atoms in total. The van der Waals surface area contributed by atoms with Crippen molar-refractivity contribution in [2.75, 3.05) is 6.61 Å². The van der Waals surface area contributed by atoms with Crippen LogP contribution in [0, 0.1) is 6.92 Å². The normalized spacial score (nSPS) is 15.8. The van der Waals surface area contributed by atoms with Crippen molar-refractivity contribution < 1.29 is 14.3 Å². The fraction of sp³-hybridized carbons (Fsp3) is 0.296. The maximum Gasteiger partial charge on any atom is 0.338 e. The zero-order valence-corrected chi connectivity index (χ0v) is 20.8. The number of carbonyl (C=O) groups is 1. The number of fused-ring (bicyclic) bond motifs is 1. The fourth-order valence-corrected chi connectivity index (χ4v) is 4.97. The number of nitrogens with zero attached hydrogens (tertiary/aromatic N) is 2. The highest BCUT2D eigenvalue weighted by molar-refractivity contribution is 7.07. The van der Waals surface area contributed by atoms with Crippen LogP contribution in [0.15, 0.2) is 69.6 Å². The lowest BCUT2D eigenvalue weighted by molar-refractivity contribution is -0.139. The quantitative estimate of drug-likeness (QED) is 0.506. The molecule has 7 heteroatoms. The lowest BCUT2D eigenvalue weighted by Crippen LogP contribution is -2.39. The van der Waals surface area contributed by atoms with E-state index in [4.69, 9.17) is 9.47 Å². The second kappa shape index (κ2) is 9.81. The molecule has 0 amide bonds. The van der Waals surface area contributed by atoms with Crippen molar-refractivity contribution in [3.05, 3.63) is 96.2 Å². The first kappa shape index (κ1) is 23.7. The monoisotopic (exact) mass is 476 g/mol. The molecule has 4 rings (SSSR count). The van der Waals surface area contributed by atoms with Crippen molar-refractivity contribution in [1.82, 2.24) is 4.57 Å². The van der Waals surface area contributed by atoms with Crippen molar-refractivity contribution in [1.29, 1.82) is 0 Å². The van der Waals surface area contributed by atoms with Crippen molar-refractivity contribution >= 4 is 23.4 Å². The van der Waals surface area contributed by atoms with Gasteiger partial charge in [-0.25, -0.2) is 9.79 Å². The highest BCUT2D eigenvalue weighted by Crippen LogP contribution is 2.31. The molecule has 3 aromatic rings. The molecule has 0 spiro atoms. The SMILES string of the molecule is CCOC(=O)C1=C(C)N=c2s/c(=C\c3ccc(C)cc3)c(=O)n2[C@@H]1c1ccc(OC(C)C)cc1. The Labute approximate surface area is 202 Å². The van der Waals surface area contributed by atoms with E-state index < -0.39 is 12.0 Å². The summed E-state index contributed by atoms with van der Waals surface area (Å²) >= 11 is 1.32. The predicted molar refractivity (Wildman–Crippen MR) is 134 cm³/mol. The first-order chi connectivity index (χ1) is 16.3. The van der Waals surface area contributed by atoms with E-state index >= 15 is 0 Å². The van der Waals surface area contributed by atoms with E-state index in [0.717, 1.165) is 22.4 Å². The number of thiazole rings is 1. The van der Waals surface area contributed by atoms with E-state index in [-0.39, 0.29) is 18.3 Å². The molecular weight excluding hydrogens is 448 g/mol. The Morgan fingerprint density at radius 3 is 2.41 bits per heavy atom. The predicted octanol–water partition coefficient (Wildman–Crippen LogP) is 3.89. The number of hydrogen-bond donors (Lipinski definition) is 0. The first-order valence-corrected chi connectivity index (χ1v) is 12.1. The van der Waals surface area contributed by atoms with E-state index in [1.165, 1.54) is 11.3 Å². The third-order valence-electron chi connectivity index (χ3n) is 5.46. The van der Waals surface area contributed by atoms with Gasteiger partial charge in [-0.3, -0.25) is 9.36 Å². The van der Waals surface area contributed by atoms with Gasteiger partial charge in [0, 0.05) is 0 Å². The van der Waals surface area contributed by atoms with Crippen LogP contribution in [0.5, 0.6) is 5.75 Å². The highest BCUT2D eigenvalue weighted by atomic mass is 32.1. The van der Waals surface area contributed by atoms with Gasteiger partial charge in [-0.2, -0.15) is 0 Å². The zero-order chi connectivity index (χ0) is 24.4. The third kappa shape index (κ3) is 4.75. The fourth-order valence-electron chi connectivity index (χ4n) is 3.92. The van der Waals surface area contributed by atoms with Gasteiger partial charge in [0.1, 0.15) is 5.75 Å².